The van der Waals surface area contributed by atoms with Crippen LogP contribution in [0.4, 0.5) is 0 Å². The fraction of sp³-hybridized carbons (Fsp3) is 0. The van der Waals surface area contributed by atoms with E-state index in [4.69, 9.17) is 38.5 Å². The molecule has 7 nitrogen and oxygen atoms in total. The number of nitrogens with zero attached hydrogens (tertiary/aromatic N) is 7. The van der Waals surface area contributed by atoms with Gasteiger partial charge in [0.1, 0.15) is 29.6 Å². The van der Waals surface area contributed by atoms with Crippen molar-refractivity contribution in [3.8, 4) is 68.4 Å². The van der Waals surface area contributed by atoms with Crippen molar-refractivity contribution >= 4 is 105 Å². The number of aromatic nitrogens is 6. The maximum atomic E-state index is 11.4. The van der Waals surface area contributed by atoms with Crippen molar-refractivity contribution in [1.29, 1.82) is 5.26 Å². The predicted octanol–water partition coefficient (Wildman–Crippen LogP) is 12.1. The molecule has 74 heavy (non-hydrogen) atoms. The fourth-order valence-corrected chi connectivity index (χ4v) is 11.2. The quantitative estimate of drug-likeness (QED) is 0.149. The molecule has 0 N–H and O–H groups in total. The second-order valence-corrected chi connectivity index (χ2v) is 18.5. The minimum absolute atomic E-state index is 0.0986. The number of fused-ring (bicyclic) bond motifs is 10. The van der Waals surface area contributed by atoms with E-state index in [0.29, 0.717) is 17.3 Å². The molecule has 10 heteroatoms. The Morgan fingerprint density at radius 2 is 0.838 bits per heavy atom. The Hall–Kier alpha value is -9.71. The molecule has 6 radical (unpaired) electrons. The zero-order chi connectivity index (χ0) is 49.6. The lowest BCUT2D eigenvalue weighted by atomic mass is 9.69. The fourth-order valence-electron chi connectivity index (χ4n) is 11.2. The van der Waals surface area contributed by atoms with Crippen molar-refractivity contribution < 1.29 is 0 Å². The summed E-state index contributed by atoms with van der Waals surface area (Å²) in [6, 6.07) is 77.0. The predicted molar refractivity (Wildman–Crippen MR) is 305 cm³/mol. The van der Waals surface area contributed by atoms with Gasteiger partial charge >= 0.3 is 0 Å². The number of hydrogen-bond donors (Lipinski definition) is 0. The first-order chi connectivity index (χ1) is 36.4. The summed E-state index contributed by atoms with van der Waals surface area (Å²) in [5, 5.41) is 17.6. The molecule has 0 unspecified atom stereocenters. The van der Waals surface area contributed by atoms with E-state index in [9.17, 15) is 5.26 Å². The van der Waals surface area contributed by atoms with E-state index in [1.165, 1.54) is 0 Å². The molecule has 0 bridgehead atoms. The lowest BCUT2D eigenvalue weighted by Gasteiger charge is -2.22. The van der Waals surface area contributed by atoms with Crippen molar-refractivity contribution in [3.05, 3.63) is 224 Å². The van der Waals surface area contributed by atoms with Crippen molar-refractivity contribution in [3.63, 3.8) is 0 Å². The molecule has 0 aliphatic carbocycles. The Bertz CT molecular complexity index is 4650. The third-order valence-corrected chi connectivity index (χ3v) is 14.4. The molecule has 10 aromatic carbocycles. The van der Waals surface area contributed by atoms with Gasteiger partial charge in [-0.3, -0.25) is 0 Å². The molecule has 0 aliphatic heterocycles. The number of hydrogen-bond acceptors (Lipinski definition) is 4. The standard InChI is InChI=1S/C64H36B3N7/c65-57-49(37-68)61(74-51-29-14-10-25-44(51)46-32-34-54-55(60(46)74)47-27-12-15-30-52(47)73(54)43-23-8-3-9-24-43)59(67)58(66)56(57)64-70-62(40-20-16-19-39(35-40)38-17-4-1-5-18-38)69-63(71-64)41-31-33-53-48(36-41)45-26-11-13-28-50(45)72(53)42-21-6-2-7-22-42/h1-36H. The number of nitriles is 1. The Morgan fingerprint density at radius 1 is 0.351 bits per heavy atom. The maximum absolute atomic E-state index is 11.4. The highest BCUT2D eigenvalue weighted by Crippen LogP contribution is 2.43. The molecule has 0 saturated heterocycles. The molecule has 4 aromatic heterocycles. The molecule has 0 spiro atoms. The smallest absolute Gasteiger partial charge is 0.164 e. The lowest BCUT2D eigenvalue weighted by Crippen LogP contribution is -2.39. The van der Waals surface area contributed by atoms with E-state index >= 15 is 0 Å². The van der Waals surface area contributed by atoms with Gasteiger partial charge in [0.2, 0.25) is 0 Å². The minimum Gasteiger partial charge on any atom is -0.309 e. The molecule has 0 atom stereocenters. The lowest BCUT2D eigenvalue weighted by molar-refractivity contribution is 1.08. The molecular weight excluding hydrogens is 899 g/mol. The van der Waals surface area contributed by atoms with Gasteiger partial charge in [0, 0.05) is 60.4 Å². The summed E-state index contributed by atoms with van der Waals surface area (Å²) < 4.78 is 6.61. The first-order valence-electron chi connectivity index (χ1n) is 24.4. The van der Waals surface area contributed by atoms with E-state index in [0.717, 1.165) is 99.0 Å². The zero-order valence-corrected chi connectivity index (χ0v) is 39.6. The summed E-state index contributed by atoms with van der Waals surface area (Å²) in [6.07, 6.45) is 0. The average molecular weight is 935 g/mol. The van der Waals surface area contributed by atoms with Crippen molar-refractivity contribution in [2.45, 2.75) is 0 Å². The highest BCUT2D eigenvalue weighted by molar-refractivity contribution is 6.56. The van der Waals surface area contributed by atoms with E-state index in [2.05, 4.69) is 147 Å². The van der Waals surface area contributed by atoms with Crippen LogP contribution in [0.5, 0.6) is 0 Å². The van der Waals surface area contributed by atoms with Gasteiger partial charge in [-0.1, -0.05) is 162 Å². The van der Waals surface area contributed by atoms with Crippen LogP contribution in [0.3, 0.4) is 0 Å². The van der Waals surface area contributed by atoms with Crippen LogP contribution in [0.15, 0.2) is 218 Å². The SMILES string of the molecule is [B]c1c([B])c(-n2c3ccccc3c3ccc4c(c5ccccc5n4-c4ccccc4)c32)c(C#N)c([B])c1-c1nc(-c2cccc(-c3ccccc3)c2)nc(-c2ccc3c(c2)c2ccccc2n3-c2ccccc2)n1. The van der Waals surface area contributed by atoms with Gasteiger partial charge in [-0.25, -0.2) is 15.0 Å². The second-order valence-electron chi connectivity index (χ2n) is 18.5. The molecular formula is C64H36B3N7. The van der Waals surface area contributed by atoms with Crippen molar-refractivity contribution in [2.75, 3.05) is 0 Å². The Balaban J connectivity index is 1.03. The van der Waals surface area contributed by atoms with Crippen LogP contribution in [0, 0.1) is 11.3 Å². The third kappa shape index (κ3) is 6.53. The number of para-hydroxylation sites is 5. The van der Waals surface area contributed by atoms with E-state index < -0.39 is 0 Å². The monoisotopic (exact) mass is 935 g/mol. The van der Waals surface area contributed by atoms with Crippen molar-refractivity contribution in [1.82, 2.24) is 28.7 Å². The Kier molecular flexibility index (Phi) is 9.89. The first-order valence-corrected chi connectivity index (χ1v) is 24.4. The molecule has 14 rings (SSSR count). The zero-order valence-electron chi connectivity index (χ0n) is 39.6. The molecule has 0 amide bonds. The normalized spacial score (nSPS) is 11.7. The highest BCUT2D eigenvalue weighted by atomic mass is 15.0. The third-order valence-electron chi connectivity index (χ3n) is 14.4. The summed E-state index contributed by atoms with van der Waals surface area (Å²) >= 11 is 0. The molecule has 0 fully saturated rings. The summed E-state index contributed by atoms with van der Waals surface area (Å²) in [7, 11) is 22.1. The van der Waals surface area contributed by atoms with Gasteiger partial charge in [0.15, 0.2) is 17.5 Å². The molecule has 0 saturated carbocycles. The van der Waals surface area contributed by atoms with Crippen LogP contribution >= 0.6 is 0 Å². The minimum atomic E-state index is 0.0986. The van der Waals surface area contributed by atoms with Gasteiger partial charge in [0.05, 0.1) is 44.4 Å². The van der Waals surface area contributed by atoms with Crippen LogP contribution in [-0.2, 0) is 0 Å². The van der Waals surface area contributed by atoms with Gasteiger partial charge in [-0.05, 0) is 83.9 Å². The van der Waals surface area contributed by atoms with Gasteiger partial charge in [-0.15, -0.1) is 0 Å². The van der Waals surface area contributed by atoms with E-state index in [-0.39, 0.29) is 33.3 Å². The van der Waals surface area contributed by atoms with Crippen LogP contribution in [-0.4, -0.2) is 52.2 Å². The highest BCUT2D eigenvalue weighted by Gasteiger charge is 2.27. The number of benzene rings is 10. The summed E-state index contributed by atoms with van der Waals surface area (Å²) in [5.41, 5.74) is 12.7. The average Bonchev–Trinajstić information content (AvgIpc) is 4.11. The van der Waals surface area contributed by atoms with Crippen LogP contribution < -0.4 is 16.4 Å². The summed E-state index contributed by atoms with van der Waals surface area (Å²) in [5.74, 6) is 0.976. The number of rotatable bonds is 7. The van der Waals surface area contributed by atoms with Crippen molar-refractivity contribution in [2.24, 2.45) is 0 Å². The van der Waals surface area contributed by atoms with Crippen LogP contribution in [0.2, 0.25) is 0 Å². The molecule has 0 aliphatic rings. The maximum Gasteiger partial charge on any atom is 0.164 e. The largest absolute Gasteiger partial charge is 0.309 e. The molecule has 14 aromatic rings. The Labute approximate surface area is 429 Å². The summed E-state index contributed by atoms with van der Waals surface area (Å²) in [4.78, 5) is 15.6. The molecule has 4 heterocycles. The van der Waals surface area contributed by atoms with Crippen LogP contribution in [0.1, 0.15) is 5.56 Å². The Morgan fingerprint density at radius 3 is 1.50 bits per heavy atom. The van der Waals surface area contributed by atoms with E-state index in [1.807, 2.05) is 91.0 Å². The van der Waals surface area contributed by atoms with Gasteiger partial charge in [-0.2, -0.15) is 5.26 Å². The first kappa shape index (κ1) is 43.1. The molecule has 336 valence electrons. The van der Waals surface area contributed by atoms with Crippen LogP contribution in [0.25, 0.3) is 128 Å². The second kappa shape index (κ2) is 17.0. The van der Waals surface area contributed by atoms with Gasteiger partial charge in [0.25, 0.3) is 0 Å². The topological polar surface area (TPSA) is 77.2 Å². The van der Waals surface area contributed by atoms with E-state index in [1.54, 1.807) is 0 Å². The summed E-state index contributed by atoms with van der Waals surface area (Å²) in [6.45, 7) is 0. The van der Waals surface area contributed by atoms with Gasteiger partial charge < -0.3 is 13.7 Å².